The predicted octanol–water partition coefficient (Wildman–Crippen LogP) is 5.98. The molecule has 152 valence electrons. The Morgan fingerprint density at radius 3 is 0.778 bits per heavy atom. The molecule has 1 aromatic heterocycles. The molecule has 0 nitrogen and oxygen atoms in total. The summed E-state index contributed by atoms with van der Waals surface area (Å²) in [5.41, 5.74) is 3.19. The van der Waals surface area contributed by atoms with E-state index in [1.165, 1.54) is 0 Å². The third-order valence-electron chi connectivity index (χ3n) is 3.97. The van der Waals surface area contributed by atoms with E-state index in [0.29, 0.717) is 0 Å². The number of halogens is 6. The molecule has 0 N–H and O–H groups in total. The molecule has 9 heteroatoms. The summed E-state index contributed by atoms with van der Waals surface area (Å²) < 4.78 is 75.7. The summed E-state index contributed by atoms with van der Waals surface area (Å²) >= 11 is 2.12. The highest BCUT2D eigenvalue weighted by atomic mass is 32.1. The fourth-order valence-corrected chi connectivity index (χ4v) is 9.41. The Kier molecular flexibility index (Phi) is 7.21. The van der Waals surface area contributed by atoms with Gasteiger partial charge < -0.3 is 0 Å². The van der Waals surface area contributed by atoms with Crippen LogP contribution in [-0.2, 0) is 0 Å². The number of hydrogen-bond acceptors (Lipinski definition) is 1. The lowest BCUT2D eigenvalue weighted by Gasteiger charge is -2.16. The van der Waals surface area contributed by atoms with Crippen LogP contribution in [-0.4, -0.2) is 16.1 Å². The van der Waals surface area contributed by atoms with Crippen LogP contribution in [0.2, 0.25) is 39.3 Å². The van der Waals surface area contributed by atoms with Crippen LogP contribution in [0.1, 0.15) is 11.1 Å². The minimum Gasteiger partial charge on any atom is -0.200 e. The Morgan fingerprint density at radius 1 is 0.481 bits per heavy atom. The van der Waals surface area contributed by atoms with Gasteiger partial charge in [-0.15, -0.1) is 0 Å². The summed E-state index contributed by atoms with van der Waals surface area (Å²) in [5.74, 6) is -14.2. The van der Waals surface area contributed by atoms with Gasteiger partial charge in [0.1, 0.15) is 0 Å². The fraction of sp³-hybridized carbons (Fsp3) is 0.444. The molecule has 0 unspecified atom stereocenters. The Hall–Kier alpha value is -1.07. The predicted molar refractivity (Wildman–Crippen MR) is 106 cm³/mol. The van der Waals surface area contributed by atoms with Crippen LogP contribution in [0, 0.1) is 48.8 Å². The SMILES string of the molecule is Cc1c([Si](C)(C)C)sc([Si](C)(C)C)c1C.Fc1c(F)c(F)c(F)c(F)c1F. The van der Waals surface area contributed by atoms with Crippen molar-refractivity contribution in [2.45, 2.75) is 53.1 Å². The number of rotatable bonds is 2. The molecule has 0 atom stereocenters. The van der Waals surface area contributed by atoms with Crippen LogP contribution in [0.15, 0.2) is 0 Å². The molecular formula is C18H24F6SSi2. The molecule has 0 bridgehead atoms. The van der Waals surface area contributed by atoms with Crippen molar-refractivity contribution in [3.8, 4) is 0 Å². The van der Waals surface area contributed by atoms with Crippen LogP contribution in [0.4, 0.5) is 26.3 Å². The Balaban J connectivity index is 0.000000277. The van der Waals surface area contributed by atoms with Gasteiger partial charge in [0.05, 0.1) is 16.1 Å². The lowest BCUT2D eigenvalue weighted by molar-refractivity contribution is 0.334. The van der Waals surface area contributed by atoms with E-state index >= 15 is 0 Å². The van der Waals surface area contributed by atoms with Crippen molar-refractivity contribution in [1.82, 2.24) is 0 Å². The molecule has 0 radical (unpaired) electrons. The smallest absolute Gasteiger partial charge is 0.200 e. The first kappa shape index (κ1) is 24.0. The molecule has 1 heterocycles. The first-order chi connectivity index (χ1) is 12.0. The molecule has 2 aromatic rings. The van der Waals surface area contributed by atoms with Gasteiger partial charge in [0, 0.05) is 0 Å². The second-order valence-electron chi connectivity index (χ2n) is 8.39. The topological polar surface area (TPSA) is 0 Å². The molecule has 0 saturated heterocycles. The van der Waals surface area contributed by atoms with Gasteiger partial charge in [-0.1, -0.05) is 39.3 Å². The van der Waals surface area contributed by atoms with Gasteiger partial charge in [0.2, 0.25) is 34.9 Å². The summed E-state index contributed by atoms with van der Waals surface area (Å²) in [5, 5.41) is 0. The summed E-state index contributed by atoms with van der Waals surface area (Å²) in [4.78, 5) is 0. The average Bonchev–Trinajstić information content (AvgIpc) is 2.85. The zero-order chi connectivity index (χ0) is 21.5. The zero-order valence-electron chi connectivity index (χ0n) is 16.7. The summed E-state index contributed by atoms with van der Waals surface area (Å²) in [6.45, 7) is 19.4. The molecule has 0 fully saturated rings. The first-order valence-electron chi connectivity index (χ1n) is 8.29. The third-order valence-corrected chi connectivity index (χ3v) is 12.7. The van der Waals surface area contributed by atoms with E-state index in [-0.39, 0.29) is 0 Å². The van der Waals surface area contributed by atoms with Gasteiger partial charge in [-0.05, 0) is 34.0 Å². The van der Waals surface area contributed by atoms with Crippen molar-refractivity contribution in [2.24, 2.45) is 0 Å². The first-order valence-corrected chi connectivity index (χ1v) is 16.1. The van der Waals surface area contributed by atoms with Crippen LogP contribution in [0.3, 0.4) is 0 Å². The van der Waals surface area contributed by atoms with Gasteiger partial charge in [0.15, 0.2) is 0 Å². The number of benzene rings is 1. The van der Waals surface area contributed by atoms with Gasteiger partial charge in [-0.25, -0.2) is 26.3 Å². The van der Waals surface area contributed by atoms with Crippen molar-refractivity contribution in [3.05, 3.63) is 46.0 Å². The van der Waals surface area contributed by atoms with E-state index in [1.807, 2.05) is 0 Å². The molecular weight excluding hydrogens is 418 g/mol. The van der Waals surface area contributed by atoms with Crippen LogP contribution in [0.25, 0.3) is 0 Å². The van der Waals surface area contributed by atoms with Gasteiger partial charge >= 0.3 is 0 Å². The second-order valence-corrected chi connectivity index (χ2v) is 20.1. The minimum absolute atomic E-state index is 1.13. The van der Waals surface area contributed by atoms with Crippen molar-refractivity contribution in [3.63, 3.8) is 0 Å². The van der Waals surface area contributed by atoms with E-state index in [9.17, 15) is 26.3 Å². The van der Waals surface area contributed by atoms with Crippen LogP contribution < -0.4 is 9.00 Å². The minimum atomic E-state index is -2.37. The highest BCUT2D eigenvalue weighted by Crippen LogP contribution is 2.21. The standard InChI is InChI=1S/C12H24SSi2.C6F6/c1-9-10(2)12(15(6,7)8)13-11(9)14(3,4)5;7-1-2(8)4(10)6(12)5(11)3(1)9/h1-8H3;. The molecule has 0 aliphatic heterocycles. The Labute approximate surface area is 162 Å². The van der Waals surface area contributed by atoms with E-state index in [2.05, 4.69) is 64.5 Å². The van der Waals surface area contributed by atoms with Crippen molar-refractivity contribution in [1.29, 1.82) is 0 Å². The molecule has 0 saturated carbocycles. The van der Waals surface area contributed by atoms with Crippen molar-refractivity contribution >= 4 is 36.5 Å². The van der Waals surface area contributed by atoms with E-state index < -0.39 is 51.1 Å². The highest BCUT2D eigenvalue weighted by Gasteiger charge is 2.29. The molecule has 0 aliphatic rings. The monoisotopic (exact) mass is 442 g/mol. The largest absolute Gasteiger partial charge is 0.200 e. The summed E-state index contributed by atoms with van der Waals surface area (Å²) in [7, 11) is -2.25. The van der Waals surface area contributed by atoms with Gasteiger partial charge in [0.25, 0.3) is 0 Å². The maximum atomic E-state index is 12.0. The fourth-order valence-electron chi connectivity index (χ4n) is 2.61. The second kappa shape index (κ2) is 8.12. The molecule has 0 amide bonds. The molecule has 2 rings (SSSR count). The maximum absolute atomic E-state index is 12.0. The zero-order valence-corrected chi connectivity index (χ0v) is 19.5. The lowest BCUT2D eigenvalue weighted by Crippen LogP contribution is -2.39. The molecule has 0 spiro atoms. The van der Waals surface area contributed by atoms with Crippen molar-refractivity contribution in [2.75, 3.05) is 0 Å². The molecule has 1 aromatic carbocycles. The van der Waals surface area contributed by atoms with Crippen LogP contribution in [0.5, 0.6) is 0 Å². The normalized spacial score (nSPS) is 12.1. The van der Waals surface area contributed by atoms with Crippen LogP contribution >= 0.6 is 11.3 Å². The quantitative estimate of drug-likeness (QED) is 0.232. The summed E-state index contributed by atoms with van der Waals surface area (Å²) in [6.07, 6.45) is 0. The Bertz CT molecular complexity index is 708. The highest BCUT2D eigenvalue weighted by molar-refractivity contribution is 7.35. The number of thiophene rings is 1. The molecule has 27 heavy (non-hydrogen) atoms. The van der Waals surface area contributed by atoms with E-state index in [1.54, 1.807) is 20.1 Å². The third kappa shape index (κ3) is 5.06. The maximum Gasteiger partial charge on any atom is 0.200 e. The van der Waals surface area contributed by atoms with E-state index in [4.69, 9.17) is 0 Å². The van der Waals surface area contributed by atoms with Gasteiger partial charge in [-0.3, -0.25) is 0 Å². The average molecular weight is 443 g/mol. The Morgan fingerprint density at radius 2 is 0.667 bits per heavy atom. The number of hydrogen-bond donors (Lipinski definition) is 0. The van der Waals surface area contributed by atoms with E-state index in [0.717, 1.165) is 0 Å². The lowest BCUT2D eigenvalue weighted by atomic mass is 10.2. The van der Waals surface area contributed by atoms with Gasteiger partial charge in [-0.2, -0.15) is 11.3 Å². The van der Waals surface area contributed by atoms with Crippen molar-refractivity contribution < 1.29 is 26.3 Å². The molecule has 0 aliphatic carbocycles. The summed E-state index contributed by atoms with van der Waals surface area (Å²) in [6, 6.07) is 0.